The van der Waals surface area contributed by atoms with E-state index < -0.39 is 46.5 Å². The molecule has 31 heavy (non-hydrogen) atoms. The van der Waals surface area contributed by atoms with Crippen LogP contribution in [0.15, 0.2) is 30.9 Å². The second-order valence-electron chi connectivity index (χ2n) is 8.15. The molecule has 0 heterocycles. The van der Waals surface area contributed by atoms with E-state index >= 15 is 4.39 Å². The number of benzene rings is 2. The quantitative estimate of drug-likeness (QED) is 0.353. The molecule has 1 saturated carbocycles. The fraction of sp³-hybridized carbons (Fsp3) is 0.391. The van der Waals surface area contributed by atoms with Crippen LogP contribution in [0.3, 0.4) is 0 Å². The SMILES string of the molecule is C=CC1CCC2c3cc(F)c(-c4cc(F)c(OC(F)(F)F)c(F)c4)c(F)c3CCC2C1. The first kappa shape index (κ1) is 21.7. The van der Waals surface area contributed by atoms with Gasteiger partial charge in [0.15, 0.2) is 11.6 Å². The van der Waals surface area contributed by atoms with E-state index in [-0.39, 0.29) is 11.8 Å². The number of ether oxygens (including phenoxy) is 1. The number of allylic oxidation sites excluding steroid dienone is 1. The number of fused-ring (bicyclic) bond motifs is 3. The molecule has 1 nitrogen and oxygen atoms in total. The molecule has 0 radical (unpaired) electrons. The van der Waals surface area contributed by atoms with Crippen LogP contribution in [-0.2, 0) is 6.42 Å². The maximum atomic E-state index is 15.3. The molecule has 2 aromatic rings. The molecule has 0 saturated heterocycles. The van der Waals surface area contributed by atoms with Crippen molar-refractivity contribution in [3.63, 3.8) is 0 Å². The van der Waals surface area contributed by atoms with Crippen molar-refractivity contribution in [2.24, 2.45) is 11.8 Å². The highest BCUT2D eigenvalue weighted by Gasteiger charge is 2.38. The molecule has 1 fully saturated rings. The predicted molar refractivity (Wildman–Crippen MR) is 100 cm³/mol. The highest BCUT2D eigenvalue weighted by molar-refractivity contribution is 5.68. The summed E-state index contributed by atoms with van der Waals surface area (Å²) in [5, 5.41) is 0. The van der Waals surface area contributed by atoms with Crippen LogP contribution in [0, 0.1) is 35.1 Å². The Morgan fingerprint density at radius 1 is 0.935 bits per heavy atom. The van der Waals surface area contributed by atoms with E-state index in [1.54, 1.807) is 0 Å². The monoisotopic (exact) mass is 444 g/mol. The highest BCUT2D eigenvalue weighted by atomic mass is 19.4. The molecular weight excluding hydrogens is 425 g/mol. The van der Waals surface area contributed by atoms with Gasteiger partial charge in [-0.15, -0.1) is 19.8 Å². The van der Waals surface area contributed by atoms with Crippen molar-refractivity contribution < 1.29 is 35.5 Å². The number of rotatable bonds is 3. The van der Waals surface area contributed by atoms with E-state index in [0.717, 1.165) is 19.3 Å². The van der Waals surface area contributed by atoms with Gasteiger partial charge < -0.3 is 4.74 Å². The Morgan fingerprint density at radius 2 is 1.61 bits per heavy atom. The summed E-state index contributed by atoms with van der Waals surface area (Å²) in [4.78, 5) is 0. The largest absolute Gasteiger partial charge is 0.573 e. The summed E-state index contributed by atoms with van der Waals surface area (Å²) < 4.78 is 98.8. The topological polar surface area (TPSA) is 9.23 Å². The Balaban J connectivity index is 1.75. The van der Waals surface area contributed by atoms with E-state index in [0.29, 0.717) is 42.0 Å². The third kappa shape index (κ3) is 4.04. The molecular formula is C23H19F7O. The molecule has 166 valence electrons. The minimum atomic E-state index is -5.31. The lowest BCUT2D eigenvalue weighted by molar-refractivity contribution is -0.276. The molecule has 3 atom stereocenters. The second kappa shape index (κ2) is 7.88. The molecule has 0 aromatic heterocycles. The zero-order valence-corrected chi connectivity index (χ0v) is 16.3. The molecule has 2 aliphatic rings. The fourth-order valence-corrected chi connectivity index (χ4v) is 5.02. The molecule has 0 amide bonds. The third-order valence-electron chi connectivity index (χ3n) is 6.38. The minimum Gasteiger partial charge on any atom is -0.399 e. The maximum Gasteiger partial charge on any atom is 0.573 e. The van der Waals surface area contributed by atoms with E-state index in [2.05, 4.69) is 11.3 Å². The van der Waals surface area contributed by atoms with E-state index in [4.69, 9.17) is 0 Å². The normalized spacial score (nSPS) is 23.1. The van der Waals surface area contributed by atoms with Gasteiger partial charge in [-0.1, -0.05) is 6.08 Å². The fourth-order valence-electron chi connectivity index (χ4n) is 5.02. The van der Waals surface area contributed by atoms with Gasteiger partial charge in [0.1, 0.15) is 11.6 Å². The first-order valence-corrected chi connectivity index (χ1v) is 9.97. The average molecular weight is 444 g/mol. The summed E-state index contributed by atoms with van der Waals surface area (Å²) >= 11 is 0. The number of halogens is 7. The molecule has 2 aromatic carbocycles. The van der Waals surface area contributed by atoms with Gasteiger partial charge in [-0.2, -0.15) is 0 Å². The van der Waals surface area contributed by atoms with Crippen molar-refractivity contribution in [2.75, 3.05) is 0 Å². The smallest absolute Gasteiger partial charge is 0.399 e. The zero-order valence-electron chi connectivity index (χ0n) is 16.3. The summed E-state index contributed by atoms with van der Waals surface area (Å²) in [5.41, 5.74) is -0.324. The molecule has 3 unspecified atom stereocenters. The zero-order chi connectivity index (χ0) is 22.5. The maximum absolute atomic E-state index is 15.3. The Labute approximate surface area is 174 Å². The van der Waals surface area contributed by atoms with Crippen molar-refractivity contribution in [3.05, 3.63) is 65.2 Å². The Bertz CT molecular complexity index is 1000. The molecule has 2 aliphatic carbocycles. The summed E-state index contributed by atoms with van der Waals surface area (Å²) in [5.74, 6) is -6.36. The lowest BCUT2D eigenvalue weighted by Gasteiger charge is -2.40. The second-order valence-corrected chi connectivity index (χ2v) is 8.15. The number of alkyl halides is 3. The van der Waals surface area contributed by atoms with E-state index in [1.165, 1.54) is 6.07 Å². The summed E-state index contributed by atoms with van der Waals surface area (Å²) in [7, 11) is 0. The third-order valence-corrected chi connectivity index (χ3v) is 6.38. The van der Waals surface area contributed by atoms with Crippen LogP contribution in [0.5, 0.6) is 5.75 Å². The van der Waals surface area contributed by atoms with Gasteiger partial charge in [0, 0.05) is 0 Å². The minimum absolute atomic E-state index is 0.00552. The van der Waals surface area contributed by atoms with Gasteiger partial charge in [0.05, 0.1) is 5.56 Å². The summed E-state index contributed by atoms with van der Waals surface area (Å²) in [6.07, 6.45) is 0.171. The Kier molecular flexibility index (Phi) is 5.52. The molecule has 4 rings (SSSR count). The molecule has 8 heteroatoms. The number of hydrogen-bond donors (Lipinski definition) is 0. The van der Waals surface area contributed by atoms with Crippen molar-refractivity contribution >= 4 is 0 Å². The van der Waals surface area contributed by atoms with E-state index in [9.17, 15) is 26.3 Å². The molecule has 0 spiro atoms. The van der Waals surface area contributed by atoms with Crippen LogP contribution >= 0.6 is 0 Å². The van der Waals surface area contributed by atoms with Gasteiger partial charge in [-0.25, -0.2) is 17.6 Å². The van der Waals surface area contributed by atoms with Crippen LogP contribution in [0.2, 0.25) is 0 Å². The van der Waals surface area contributed by atoms with E-state index in [1.807, 2.05) is 6.08 Å². The van der Waals surface area contributed by atoms with Crippen LogP contribution < -0.4 is 4.74 Å². The molecule has 0 N–H and O–H groups in total. The van der Waals surface area contributed by atoms with Crippen molar-refractivity contribution in [1.29, 1.82) is 0 Å². The first-order chi connectivity index (χ1) is 14.6. The lowest BCUT2D eigenvalue weighted by atomic mass is 9.65. The van der Waals surface area contributed by atoms with Crippen LogP contribution in [0.1, 0.15) is 42.7 Å². The Hall–Kier alpha value is -2.51. The van der Waals surface area contributed by atoms with Crippen molar-refractivity contribution in [1.82, 2.24) is 0 Å². The summed E-state index contributed by atoms with van der Waals surface area (Å²) in [6.45, 7) is 3.83. The van der Waals surface area contributed by atoms with Gasteiger partial charge in [-0.05, 0) is 84.7 Å². The van der Waals surface area contributed by atoms with Crippen molar-refractivity contribution in [2.45, 2.75) is 44.4 Å². The molecule has 0 aliphatic heterocycles. The highest BCUT2D eigenvalue weighted by Crippen LogP contribution is 2.49. The van der Waals surface area contributed by atoms with Crippen LogP contribution in [0.25, 0.3) is 11.1 Å². The first-order valence-electron chi connectivity index (χ1n) is 9.97. The van der Waals surface area contributed by atoms with Gasteiger partial charge in [0.25, 0.3) is 0 Å². The lowest BCUT2D eigenvalue weighted by Crippen LogP contribution is -2.28. The van der Waals surface area contributed by atoms with Crippen LogP contribution in [-0.4, -0.2) is 6.36 Å². The molecule has 0 bridgehead atoms. The summed E-state index contributed by atoms with van der Waals surface area (Å²) in [6, 6.07) is 2.09. The predicted octanol–water partition coefficient (Wildman–Crippen LogP) is 7.44. The average Bonchev–Trinajstić information content (AvgIpc) is 2.69. The standard InChI is InChI=1S/C23H19F7O/c1-2-11-3-5-14-12(7-11)4-6-15-16(14)10-17(24)20(21(15)27)13-8-18(25)22(19(26)9-13)31-23(28,29)30/h2,8-12,14H,1,3-7H2. The van der Waals surface area contributed by atoms with Gasteiger partial charge in [0.2, 0.25) is 5.75 Å². The van der Waals surface area contributed by atoms with Crippen molar-refractivity contribution in [3.8, 4) is 16.9 Å². The van der Waals surface area contributed by atoms with Gasteiger partial charge in [-0.3, -0.25) is 0 Å². The van der Waals surface area contributed by atoms with Gasteiger partial charge >= 0.3 is 6.36 Å². The number of hydrogen-bond acceptors (Lipinski definition) is 1. The van der Waals surface area contributed by atoms with Crippen LogP contribution in [0.4, 0.5) is 30.7 Å². The Morgan fingerprint density at radius 3 is 2.23 bits per heavy atom.